The molecule has 29 heavy (non-hydrogen) atoms. The molecule has 5 rings (SSSR count). The van der Waals surface area contributed by atoms with E-state index in [0.29, 0.717) is 35.3 Å². The second kappa shape index (κ2) is 7.31. The molecule has 0 fully saturated rings. The first-order valence-electron chi connectivity index (χ1n) is 9.00. The molecule has 1 unspecified atom stereocenters. The number of hydrogen-bond donors (Lipinski definition) is 0. The van der Waals surface area contributed by atoms with Crippen LogP contribution < -0.4 is 4.74 Å². The molecule has 0 radical (unpaired) electrons. The molecule has 0 aliphatic carbocycles. The average molecular weight is 410 g/mol. The molecule has 9 heteroatoms. The standard InChI is InChI=1S/C20H16ClN5O3/c1-27-13-8-6-12(7-9-13)17-10-26-16(11-28-17)18(23-25-26)20-22-19(24-29-20)14-4-2-3-5-15(14)21/h2-9,17H,10-11H2,1H3. The number of nitrogens with zero attached hydrogens (tertiary/aromatic N) is 5. The van der Waals surface area contributed by atoms with E-state index in [4.69, 9.17) is 25.6 Å². The van der Waals surface area contributed by atoms with Crippen LogP contribution in [-0.2, 0) is 17.9 Å². The van der Waals surface area contributed by atoms with Crippen LogP contribution in [-0.4, -0.2) is 32.2 Å². The smallest absolute Gasteiger partial charge is 0.280 e. The number of ether oxygens (including phenoxy) is 2. The normalized spacial score (nSPS) is 15.9. The molecule has 0 N–H and O–H groups in total. The molecule has 0 amide bonds. The maximum atomic E-state index is 6.22. The SMILES string of the molecule is COc1ccc(C2Cn3nnc(-c4nc(-c5ccccc5Cl)no4)c3CO2)cc1. The van der Waals surface area contributed by atoms with Gasteiger partial charge in [0.1, 0.15) is 11.9 Å². The highest BCUT2D eigenvalue weighted by atomic mass is 35.5. The summed E-state index contributed by atoms with van der Waals surface area (Å²) in [5.74, 6) is 1.49. The van der Waals surface area contributed by atoms with Crippen LogP contribution in [0.3, 0.4) is 0 Å². The Kier molecular flexibility index (Phi) is 4.49. The summed E-state index contributed by atoms with van der Waals surface area (Å²) >= 11 is 6.22. The lowest BCUT2D eigenvalue weighted by molar-refractivity contribution is -0.00119. The minimum absolute atomic E-state index is 0.121. The van der Waals surface area contributed by atoms with Gasteiger partial charge in [0.15, 0.2) is 5.69 Å². The van der Waals surface area contributed by atoms with E-state index in [1.807, 2.05) is 47.1 Å². The molecule has 8 nitrogen and oxygen atoms in total. The zero-order valence-electron chi connectivity index (χ0n) is 15.4. The van der Waals surface area contributed by atoms with Gasteiger partial charge < -0.3 is 14.0 Å². The number of aromatic nitrogens is 5. The molecule has 146 valence electrons. The lowest BCUT2D eigenvalue weighted by atomic mass is 10.1. The van der Waals surface area contributed by atoms with Crippen LogP contribution in [0.15, 0.2) is 53.1 Å². The van der Waals surface area contributed by atoms with E-state index >= 15 is 0 Å². The number of hydrogen-bond acceptors (Lipinski definition) is 7. The third-order valence-electron chi connectivity index (χ3n) is 4.83. The third kappa shape index (κ3) is 3.26. The number of benzene rings is 2. The number of rotatable bonds is 4. The molecule has 1 atom stereocenters. The molecule has 0 saturated heterocycles. The highest BCUT2D eigenvalue weighted by molar-refractivity contribution is 6.33. The zero-order valence-corrected chi connectivity index (χ0v) is 16.2. The Morgan fingerprint density at radius 2 is 1.97 bits per heavy atom. The molecular formula is C20H16ClN5O3. The van der Waals surface area contributed by atoms with Crippen LogP contribution in [0, 0.1) is 0 Å². The van der Waals surface area contributed by atoms with Crippen LogP contribution in [0.4, 0.5) is 0 Å². The van der Waals surface area contributed by atoms with Gasteiger partial charge in [0.2, 0.25) is 5.82 Å². The minimum atomic E-state index is -0.121. The summed E-state index contributed by atoms with van der Waals surface area (Å²) in [7, 11) is 1.64. The Morgan fingerprint density at radius 3 is 2.76 bits per heavy atom. The van der Waals surface area contributed by atoms with Crippen molar-refractivity contribution < 1.29 is 14.0 Å². The van der Waals surface area contributed by atoms with Gasteiger partial charge in [0.05, 0.1) is 31.0 Å². The lowest BCUT2D eigenvalue weighted by Gasteiger charge is -2.24. The second-order valence-corrected chi connectivity index (χ2v) is 6.95. The van der Waals surface area contributed by atoms with Gasteiger partial charge in [-0.15, -0.1) is 5.10 Å². The van der Waals surface area contributed by atoms with Crippen molar-refractivity contribution in [2.24, 2.45) is 0 Å². The summed E-state index contributed by atoms with van der Waals surface area (Å²) in [6.07, 6.45) is -0.121. The van der Waals surface area contributed by atoms with Crippen LogP contribution in [0.5, 0.6) is 5.75 Å². The van der Waals surface area contributed by atoms with Crippen LogP contribution in [0.2, 0.25) is 5.02 Å². The first-order valence-corrected chi connectivity index (χ1v) is 9.37. The van der Waals surface area contributed by atoms with E-state index in [-0.39, 0.29) is 12.0 Å². The molecule has 2 aromatic heterocycles. The van der Waals surface area contributed by atoms with Gasteiger partial charge in [-0.05, 0) is 29.8 Å². The highest BCUT2D eigenvalue weighted by Gasteiger charge is 2.28. The topological polar surface area (TPSA) is 88.1 Å². The highest BCUT2D eigenvalue weighted by Crippen LogP contribution is 2.32. The van der Waals surface area contributed by atoms with Crippen LogP contribution in [0.1, 0.15) is 17.4 Å². The maximum absolute atomic E-state index is 6.22. The predicted molar refractivity (Wildman–Crippen MR) is 104 cm³/mol. The van der Waals surface area contributed by atoms with Gasteiger partial charge in [-0.2, -0.15) is 4.98 Å². The Hall–Kier alpha value is -3.23. The summed E-state index contributed by atoms with van der Waals surface area (Å²) in [6, 6.07) is 15.1. The van der Waals surface area contributed by atoms with Crippen molar-refractivity contribution in [1.82, 2.24) is 25.1 Å². The molecular weight excluding hydrogens is 394 g/mol. The number of halogens is 1. The predicted octanol–water partition coefficient (Wildman–Crippen LogP) is 3.93. The monoisotopic (exact) mass is 409 g/mol. The summed E-state index contributed by atoms with van der Waals surface area (Å²) in [5.41, 5.74) is 3.06. The van der Waals surface area contributed by atoms with Gasteiger partial charge in [-0.25, -0.2) is 4.68 Å². The molecule has 4 aromatic rings. The Bertz CT molecular complexity index is 1160. The summed E-state index contributed by atoms with van der Waals surface area (Å²) < 4.78 is 18.5. The summed E-state index contributed by atoms with van der Waals surface area (Å²) in [5, 5.41) is 13.1. The quantitative estimate of drug-likeness (QED) is 0.504. The van der Waals surface area contributed by atoms with Gasteiger partial charge in [-0.1, -0.05) is 46.2 Å². The van der Waals surface area contributed by atoms with E-state index in [0.717, 1.165) is 17.0 Å². The zero-order chi connectivity index (χ0) is 19.8. The van der Waals surface area contributed by atoms with Crippen molar-refractivity contribution in [3.63, 3.8) is 0 Å². The number of methoxy groups -OCH3 is 1. The molecule has 2 aromatic carbocycles. The fraction of sp³-hybridized carbons (Fsp3) is 0.200. The fourth-order valence-electron chi connectivity index (χ4n) is 3.27. The van der Waals surface area contributed by atoms with Crippen molar-refractivity contribution in [2.45, 2.75) is 19.3 Å². The molecule has 1 aliphatic rings. The van der Waals surface area contributed by atoms with Crippen molar-refractivity contribution in [1.29, 1.82) is 0 Å². The average Bonchev–Trinajstić information content (AvgIpc) is 3.40. The van der Waals surface area contributed by atoms with E-state index < -0.39 is 0 Å². The molecule has 3 heterocycles. The molecule has 0 saturated carbocycles. The van der Waals surface area contributed by atoms with Gasteiger partial charge in [-0.3, -0.25) is 0 Å². The Labute approximate surface area is 171 Å². The van der Waals surface area contributed by atoms with Crippen molar-refractivity contribution in [2.75, 3.05) is 7.11 Å². The van der Waals surface area contributed by atoms with Gasteiger partial charge in [0.25, 0.3) is 5.89 Å². The summed E-state index contributed by atoms with van der Waals surface area (Å²) in [6.45, 7) is 0.878. The van der Waals surface area contributed by atoms with E-state index in [9.17, 15) is 0 Å². The van der Waals surface area contributed by atoms with Crippen molar-refractivity contribution in [3.05, 3.63) is 64.8 Å². The first kappa shape index (κ1) is 17.8. The summed E-state index contributed by atoms with van der Waals surface area (Å²) in [4.78, 5) is 4.44. The Balaban J connectivity index is 1.40. The van der Waals surface area contributed by atoms with E-state index in [1.165, 1.54) is 0 Å². The maximum Gasteiger partial charge on any atom is 0.280 e. The van der Waals surface area contributed by atoms with Crippen LogP contribution in [0.25, 0.3) is 23.0 Å². The second-order valence-electron chi connectivity index (χ2n) is 6.54. The third-order valence-corrected chi connectivity index (χ3v) is 5.16. The Morgan fingerprint density at radius 1 is 1.14 bits per heavy atom. The fourth-order valence-corrected chi connectivity index (χ4v) is 3.49. The first-order chi connectivity index (χ1) is 14.2. The van der Waals surface area contributed by atoms with Gasteiger partial charge in [0, 0.05) is 5.56 Å². The van der Waals surface area contributed by atoms with Crippen molar-refractivity contribution in [3.8, 4) is 28.7 Å². The number of fused-ring (bicyclic) bond motifs is 1. The van der Waals surface area contributed by atoms with Gasteiger partial charge >= 0.3 is 0 Å². The van der Waals surface area contributed by atoms with E-state index in [2.05, 4.69) is 20.5 Å². The minimum Gasteiger partial charge on any atom is -0.497 e. The van der Waals surface area contributed by atoms with Crippen LogP contribution >= 0.6 is 11.6 Å². The lowest BCUT2D eigenvalue weighted by Crippen LogP contribution is -2.22. The molecule has 0 spiro atoms. The molecule has 0 bridgehead atoms. The van der Waals surface area contributed by atoms with E-state index in [1.54, 1.807) is 13.2 Å². The largest absolute Gasteiger partial charge is 0.497 e. The molecule has 1 aliphatic heterocycles. The van der Waals surface area contributed by atoms with Crippen molar-refractivity contribution >= 4 is 11.6 Å².